The second kappa shape index (κ2) is 4.44. The molecule has 0 aromatic carbocycles. The van der Waals surface area contributed by atoms with Gasteiger partial charge in [0.05, 0.1) is 18.8 Å². The van der Waals surface area contributed by atoms with Crippen molar-refractivity contribution in [2.45, 2.75) is 71.4 Å². The van der Waals surface area contributed by atoms with Gasteiger partial charge < -0.3 is 14.2 Å². The van der Waals surface area contributed by atoms with E-state index in [0.29, 0.717) is 11.8 Å². The van der Waals surface area contributed by atoms with E-state index in [9.17, 15) is 0 Å². The van der Waals surface area contributed by atoms with Crippen LogP contribution in [0.25, 0.3) is 0 Å². The van der Waals surface area contributed by atoms with Crippen molar-refractivity contribution in [2.75, 3.05) is 13.2 Å². The second-order valence-electron chi connectivity index (χ2n) is 7.72. The maximum atomic E-state index is 6.52. The topological polar surface area (TPSA) is 27.7 Å². The summed E-state index contributed by atoms with van der Waals surface area (Å²) in [5.74, 6) is -0.000796. The van der Waals surface area contributed by atoms with E-state index >= 15 is 0 Å². The molecule has 3 heterocycles. The number of hydrogen-bond acceptors (Lipinski definition) is 3. The number of rotatable bonds is 1. The minimum absolute atomic E-state index is 0.102. The molecule has 3 saturated heterocycles. The minimum atomic E-state index is -0.753. The zero-order chi connectivity index (χ0) is 13.7. The van der Waals surface area contributed by atoms with Crippen molar-refractivity contribution >= 4 is 0 Å². The summed E-state index contributed by atoms with van der Waals surface area (Å²) >= 11 is 0. The molecule has 0 aromatic rings. The van der Waals surface area contributed by atoms with Crippen LogP contribution in [-0.4, -0.2) is 24.8 Å². The van der Waals surface area contributed by atoms with Crippen LogP contribution in [0.1, 0.15) is 59.8 Å². The summed E-state index contributed by atoms with van der Waals surface area (Å²) in [6, 6.07) is 0. The molecule has 1 aliphatic carbocycles. The van der Waals surface area contributed by atoms with Gasteiger partial charge in [0.1, 0.15) is 0 Å². The van der Waals surface area contributed by atoms with Crippen LogP contribution in [0.3, 0.4) is 0 Å². The molecule has 3 aliphatic heterocycles. The standard InChI is InChI=1S/C16H28O3/c1-14(2,3)15(4)13-10-17-16(19-15,18-11-13)12-8-6-5-7-9-12/h12-13H,5-11H2,1-4H3. The molecule has 4 aliphatic rings. The molecule has 1 saturated carbocycles. The van der Waals surface area contributed by atoms with E-state index < -0.39 is 5.97 Å². The molecule has 3 heteroatoms. The summed E-state index contributed by atoms with van der Waals surface area (Å²) < 4.78 is 18.6. The van der Waals surface area contributed by atoms with Crippen molar-refractivity contribution in [1.29, 1.82) is 0 Å². The van der Waals surface area contributed by atoms with Crippen LogP contribution in [-0.2, 0) is 14.2 Å². The lowest BCUT2D eigenvalue weighted by molar-refractivity contribution is -0.517. The largest absolute Gasteiger partial charge is 0.327 e. The highest BCUT2D eigenvalue weighted by Gasteiger charge is 2.62. The molecule has 0 radical (unpaired) electrons. The lowest BCUT2D eigenvalue weighted by Gasteiger charge is -2.61. The average Bonchev–Trinajstić information content (AvgIpc) is 2.40. The summed E-state index contributed by atoms with van der Waals surface area (Å²) in [5.41, 5.74) is -0.0495. The fraction of sp³-hybridized carbons (Fsp3) is 1.00. The van der Waals surface area contributed by atoms with Gasteiger partial charge in [0.2, 0.25) is 0 Å². The lowest BCUT2D eigenvalue weighted by Crippen LogP contribution is -2.69. The van der Waals surface area contributed by atoms with Gasteiger partial charge in [-0.05, 0) is 25.2 Å². The molecule has 19 heavy (non-hydrogen) atoms. The second-order valence-corrected chi connectivity index (χ2v) is 7.72. The van der Waals surface area contributed by atoms with Crippen molar-refractivity contribution in [3.63, 3.8) is 0 Å². The molecule has 2 bridgehead atoms. The van der Waals surface area contributed by atoms with Crippen LogP contribution in [0.5, 0.6) is 0 Å². The highest BCUT2D eigenvalue weighted by Crippen LogP contribution is 2.53. The number of fused-ring (bicyclic) bond motifs is 3. The molecule has 4 fully saturated rings. The average molecular weight is 268 g/mol. The molecule has 4 rings (SSSR count). The maximum Gasteiger partial charge on any atom is 0.286 e. The zero-order valence-electron chi connectivity index (χ0n) is 12.8. The summed E-state index contributed by atoms with van der Waals surface area (Å²) in [6.07, 6.45) is 6.23. The van der Waals surface area contributed by atoms with E-state index in [2.05, 4.69) is 27.7 Å². The van der Waals surface area contributed by atoms with Crippen LogP contribution in [0.4, 0.5) is 0 Å². The summed E-state index contributed by atoms with van der Waals surface area (Å²) in [6.45, 7) is 10.6. The van der Waals surface area contributed by atoms with Crippen molar-refractivity contribution in [2.24, 2.45) is 17.3 Å². The minimum Gasteiger partial charge on any atom is -0.327 e. The first kappa shape index (κ1) is 13.8. The normalized spacial score (nSPS) is 44.5. The molecule has 3 nitrogen and oxygen atoms in total. The Kier molecular flexibility index (Phi) is 3.23. The first-order valence-electron chi connectivity index (χ1n) is 7.85. The van der Waals surface area contributed by atoms with Crippen LogP contribution in [0.2, 0.25) is 0 Å². The molecule has 0 aromatic heterocycles. The van der Waals surface area contributed by atoms with Gasteiger partial charge in [-0.25, -0.2) is 0 Å². The summed E-state index contributed by atoms with van der Waals surface area (Å²) in [4.78, 5) is 0. The number of hydrogen-bond donors (Lipinski definition) is 0. The molecule has 0 N–H and O–H groups in total. The van der Waals surface area contributed by atoms with E-state index in [0.717, 1.165) is 13.2 Å². The van der Waals surface area contributed by atoms with Gasteiger partial charge in [-0.1, -0.05) is 40.0 Å². The third-order valence-corrected chi connectivity index (χ3v) is 5.70. The Morgan fingerprint density at radius 2 is 1.47 bits per heavy atom. The molecule has 1 atom stereocenters. The van der Waals surface area contributed by atoms with Crippen molar-refractivity contribution in [3.8, 4) is 0 Å². The zero-order valence-corrected chi connectivity index (χ0v) is 12.8. The Morgan fingerprint density at radius 1 is 0.895 bits per heavy atom. The lowest BCUT2D eigenvalue weighted by atomic mass is 9.68. The van der Waals surface area contributed by atoms with Gasteiger partial charge >= 0.3 is 0 Å². The first-order chi connectivity index (χ1) is 8.87. The van der Waals surface area contributed by atoms with Crippen molar-refractivity contribution in [3.05, 3.63) is 0 Å². The monoisotopic (exact) mass is 268 g/mol. The fourth-order valence-electron chi connectivity index (χ4n) is 3.82. The van der Waals surface area contributed by atoms with Crippen molar-refractivity contribution in [1.82, 2.24) is 0 Å². The van der Waals surface area contributed by atoms with E-state index in [-0.39, 0.29) is 11.0 Å². The van der Waals surface area contributed by atoms with Gasteiger partial charge in [0, 0.05) is 11.8 Å². The first-order valence-corrected chi connectivity index (χ1v) is 7.85. The van der Waals surface area contributed by atoms with Crippen LogP contribution in [0.15, 0.2) is 0 Å². The Balaban J connectivity index is 1.87. The molecule has 1 unspecified atom stereocenters. The third kappa shape index (κ3) is 2.05. The Hall–Kier alpha value is -0.120. The Bertz CT molecular complexity index is 332. The van der Waals surface area contributed by atoms with E-state index in [1.165, 1.54) is 32.1 Å². The third-order valence-electron chi connectivity index (χ3n) is 5.70. The maximum absolute atomic E-state index is 6.52. The van der Waals surface area contributed by atoms with Gasteiger partial charge in [0.15, 0.2) is 0 Å². The van der Waals surface area contributed by atoms with Crippen LogP contribution >= 0.6 is 0 Å². The quantitative estimate of drug-likeness (QED) is 0.725. The van der Waals surface area contributed by atoms with E-state index in [4.69, 9.17) is 14.2 Å². The fourth-order valence-corrected chi connectivity index (χ4v) is 3.82. The summed E-state index contributed by atoms with van der Waals surface area (Å²) in [7, 11) is 0. The Morgan fingerprint density at radius 3 is 2.00 bits per heavy atom. The molecule has 0 spiro atoms. The predicted molar refractivity (Wildman–Crippen MR) is 73.6 cm³/mol. The van der Waals surface area contributed by atoms with Gasteiger partial charge in [-0.15, -0.1) is 0 Å². The van der Waals surface area contributed by atoms with Crippen LogP contribution < -0.4 is 0 Å². The number of ether oxygens (including phenoxy) is 3. The van der Waals surface area contributed by atoms with E-state index in [1.54, 1.807) is 0 Å². The molecular weight excluding hydrogens is 240 g/mol. The van der Waals surface area contributed by atoms with Gasteiger partial charge in [-0.2, -0.15) is 0 Å². The van der Waals surface area contributed by atoms with Gasteiger partial charge in [0.25, 0.3) is 5.97 Å². The van der Waals surface area contributed by atoms with Crippen LogP contribution in [0, 0.1) is 17.3 Å². The molecular formula is C16H28O3. The predicted octanol–water partition coefficient (Wildman–Crippen LogP) is 3.72. The van der Waals surface area contributed by atoms with Crippen molar-refractivity contribution < 1.29 is 14.2 Å². The highest BCUT2D eigenvalue weighted by molar-refractivity contribution is 5.01. The SMILES string of the molecule is CC(C)(C)C1(C)OC2(C3CCCCC3)OCC1CO2. The molecule has 110 valence electrons. The highest BCUT2D eigenvalue weighted by atomic mass is 16.9. The summed E-state index contributed by atoms with van der Waals surface area (Å²) in [5, 5.41) is 0. The Labute approximate surface area is 117 Å². The smallest absolute Gasteiger partial charge is 0.286 e. The van der Waals surface area contributed by atoms with E-state index in [1.807, 2.05) is 0 Å². The molecule has 0 amide bonds. The van der Waals surface area contributed by atoms with Gasteiger partial charge in [-0.3, -0.25) is 0 Å².